The number of fused-ring (bicyclic) bond motifs is 3. The number of amides is 2. The highest BCUT2D eigenvalue weighted by Gasteiger charge is 2.56. The van der Waals surface area contributed by atoms with E-state index in [0.717, 1.165) is 28.7 Å². The van der Waals surface area contributed by atoms with Gasteiger partial charge in [0.2, 0.25) is 11.8 Å². The molecule has 0 aromatic heterocycles. The molecule has 2 saturated heterocycles. The zero-order valence-electron chi connectivity index (χ0n) is 18.5. The lowest BCUT2D eigenvalue weighted by atomic mass is 9.58. The number of imide groups is 1. The Balaban J connectivity index is 1.60. The lowest BCUT2D eigenvalue weighted by Crippen LogP contribution is -2.46. The number of benzene rings is 1. The van der Waals surface area contributed by atoms with Gasteiger partial charge in [0.05, 0.1) is 24.5 Å². The van der Waals surface area contributed by atoms with Crippen LogP contribution in [0.5, 0.6) is 5.75 Å². The molecule has 32 heavy (non-hydrogen) atoms. The number of hydrogen-bond donors (Lipinski definition) is 3. The number of rotatable bonds is 6. The third kappa shape index (κ3) is 4.03. The minimum Gasteiger partial charge on any atom is -0.507 e. The van der Waals surface area contributed by atoms with Crippen LogP contribution < -0.4 is 0 Å². The quantitative estimate of drug-likeness (QED) is 0.357. The SMILES string of the molecule is CC/C(=C\c1ccccc1O)CC[C@H]1OB(O)C[C@H]2C1=C(CO)C[C@H]1C(=O)N(C)C(=O)[C@H]12. The molecule has 2 amide bonds. The topological polar surface area (TPSA) is 107 Å². The van der Waals surface area contributed by atoms with Crippen LogP contribution in [0.4, 0.5) is 0 Å². The zero-order valence-corrected chi connectivity index (χ0v) is 18.5. The number of carbonyl (C=O) groups is 2. The molecule has 0 bridgehead atoms. The van der Waals surface area contributed by atoms with E-state index in [-0.39, 0.29) is 36.4 Å². The van der Waals surface area contributed by atoms with E-state index in [1.807, 2.05) is 25.1 Å². The van der Waals surface area contributed by atoms with Crippen molar-refractivity contribution < 1.29 is 29.5 Å². The predicted molar refractivity (Wildman–Crippen MR) is 120 cm³/mol. The summed E-state index contributed by atoms with van der Waals surface area (Å²) in [5, 5.41) is 30.6. The maximum absolute atomic E-state index is 12.8. The standard InChI is InChI=1S/C24H30BNO6/c1-3-14(10-15-6-4-5-7-19(15)28)8-9-20-21-16(13-27)11-17-22(18(21)12-25(31)32-20)24(30)26(2)23(17)29/h4-7,10,17-18,20,22,27-28,31H,3,8-9,11-13H2,1-2H3/b14-10+/t17-,18+,20-,22-/m1/s1. The highest BCUT2D eigenvalue weighted by molar-refractivity contribution is 6.43. The largest absolute Gasteiger partial charge is 0.507 e. The molecule has 7 nitrogen and oxygen atoms in total. The number of aliphatic hydroxyl groups is 1. The van der Waals surface area contributed by atoms with Crippen molar-refractivity contribution in [3.05, 3.63) is 46.5 Å². The fourth-order valence-electron chi connectivity index (χ4n) is 5.56. The van der Waals surface area contributed by atoms with Crippen molar-refractivity contribution in [2.24, 2.45) is 17.8 Å². The van der Waals surface area contributed by atoms with Gasteiger partial charge >= 0.3 is 7.12 Å². The Labute approximate surface area is 188 Å². The first-order valence-electron chi connectivity index (χ1n) is 11.3. The number of aromatic hydroxyl groups is 1. The Morgan fingerprint density at radius 1 is 1.25 bits per heavy atom. The summed E-state index contributed by atoms with van der Waals surface area (Å²) in [7, 11) is 0.486. The van der Waals surface area contributed by atoms with Crippen LogP contribution in [-0.4, -0.2) is 58.8 Å². The summed E-state index contributed by atoms with van der Waals surface area (Å²) in [5.74, 6) is -1.47. The average molecular weight is 439 g/mol. The second-order valence-corrected chi connectivity index (χ2v) is 8.96. The fourth-order valence-corrected chi connectivity index (χ4v) is 5.56. The van der Waals surface area contributed by atoms with Gasteiger partial charge in [-0.15, -0.1) is 0 Å². The van der Waals surface area contributed by atoms with E-state index in [1.54, 1.807) is 12.1 Å². The molecular formula is C24H30BNO6. The fraction of sp³-hybridized carbons (Fsp3) is 0.500. The summed E-state index contributed by atoms with van der Waals surface area (Å²) in [6.07, 6.45) is 4.19. The van der Waals surface area contributed by atoms with Crippen LogP contribution in [-0.2, 0) is 14.2 Å². The third-order valence-electron chi connectivity index (χ3n) is 7.20. The van der Waals surface area contributed by atoms with E-state index < -0.39 is 25.1 Å². The van der Waals surface area contributed by atoms with Crippen LogP contribution in [0.15, 0.2) is 41.0 Å². The smallest absolute Gasteiger partial charge is 0.455 e. The molecular weight excluding hydrogens is 409 g/mol. The molecule has 0 saturated carbocycles. The van der Waals surface area contributed by atoms with Gasteiger partial charge in [0.15, 0.2) is 0 Å². The monoisotopic (exact) mass is 439 g/mol. The maximum atomic E-state index is 12.8. The van der Waals surface area contributed by atoms with Crippen LogP contribution >= 0.6 is 0 Å². The van der Waals surface area contributed by atoms with E-state index in [2.05, 4.69) is 0 Å². The molecule has 1 aliphatic carbocycles. The van der Waals surface area contributed by atoms with E-state index in [1.165, 1.54) is 11.9 Å². The molecule has 0 radical (unpaired) electrons. The molecule has 4 rings (SSSR count). The summed E-state index contributed by atoms with van der Waals surface area (Å²) >= 11 is 0. The van der Waals surface area contributed by atoms with Crippen molar-refractivity contribution in [1.29, 1.82) is 0 Å². The van der Waals surface area contributed by atoms with Gasteiger partial charge in [-0.25, -0.2) is 0 Å². The highest BCUT2D eigenvalue weighted by Crippen LogP contribution is 2.50. The van der Waals surface area contributed by atoms with E-state index in [4.69, 9.17) is 4.65 Å². The van der Waals surface area contributed by atoms with Gasteiger partial charge in [0.25, 0.3) is 0 Å². The van der Waals surface area contributed by atoms with Gasteiger partial charge in [-0.05, 0) is 55.1 Å². The van der Waals surface area contributed by atoms with Crippen molar-refractivity contribution in [1.82, 2.24) is 4.90 Å². The summed E-state index contributed by atoms with van der Waals surface area (Å²) < 4.78 is 5.89. The number of hydrogen-bond acceptors (Lipinski definition) is 6. The van der Waals surface area contributed by atoms with Crippen LogP contribution in [0.3, 0.4) is 0 Å². The minimum atomic E-state index is -1.02. The first-order chi connectivity index (χ1) is 15.3. The van der Waals surface area contributed by atoms with Crippen LogP contribution in [0, 0.1) is 17.8 Å². The summed E-state index contributed by atoms with van der Waals surface area (Å²) in [6, 6.07) is 7.16. The molecule has 170 valence electrons. The molecule has 1 aromatic carbocycles. The van der Waals surface area contributed by atoms with E-state index in [9.17, 15) is 24.8 Å². The summed E-state index contributed by atoms with van der Waals surface area (Å²) in [4.78, 5) is 26.6. The van der Waals surface area contributed by atoms with Gasteiger partial charge < -0.3 is 19.9 Å². The Kier molecular flexibility index (Phi) is 6.56. The van der Waals surface area contributed by atoms with Gasteiger partial charge in [0.1, 0.15) is 5.75 Å². The second-order valence-electron chi connectivity index (χ2n) is 8.96. The first kappa shape index (κ1) is 22.8. The molecule has 3 N–H and O–H groups in total. The Bertz CT molecular complexity index is 973. The molecule has 4 atom stereocenters. The summed E-state index contributed by atoms with van der Waals surface area (Å²) in [5.41, 5.74) is 3.51. The number of para-hydroxylation sites is 1. The molecule has 2 heterocycles. The molecule has 1 aromatic rings. The maximum Gasteiger partial charge on any atom is 0.455 e. The molecule has 2 aliphatic heterocycles. The number of phenols is 1. The van der Waals surface area contributed by atoms with E-state index in [0.29, 0.717) is 19.3 Å². The Morgan fingerprint density at radius 3 is 2.69 bits per heavy atom. The minimum absolute atomic E-state index is 0.190. The molecule has 0 spiro atoms. The summed E-state index contributed by atoms with van der Waals surface area (Å²) in [6.45, 7) is 1.86. The first-order valence-corrected chi connectivity index (χ1v) is 11.3. The number of phenolic OH excluding ortho intramolecular Hbond substituents is 1. The number of likely N-dealkylation sites (tertiary alicyclic amines) is 1. The molecule has 8 heteroatoms. The number of carbonyl (C=O) groups excluding carboxylic acids is 2. The van der Waals surface area contributed by atoms with Crippen LogP contribution in [0.1, 0.15) is 38.2 Å². The highest BCUT2D eigenvalue weighted by atomic mass is 16.5. The number of allylic oxidation sites excluding steroid dienone is 1. The lowest BCUT2D eigenvalue weighted by molar-refractivity contribution is -0.138. The second kappa shape index (κ2) is 9.21. The van der Waals surface area contributed by atoms with Crippen molar-refractivity contribution in [2.45, 2.75) is 45.0 Å². The Morgan fingerprint density at radius 2 is 2.00 bits per heavy atom. The van der Waals surface area contributed by atoms with Crippen LogP contribution in [0.25, 0.3) is 6.08 Å². The van der Waals surface area contributed by atoms with Gasteiger partial charge in [-0.1, -0.05) is 36.8 Å². The molecule has 3 aliphatic rings. The lowest BCUT2D eigenvalue weighted by Gasteiger charge is -2.43. The average Bonchev–Trinajstić information content (AvgIpc) is 3.00. The van der Waals surface area contributed by atoms with Crippen molar-refractivity contribution in [3.8, 4) is 5.75 Å². The number of aliphatic hydroxyl groups excluding tert-OH is 1. The van der Waals surface area contributed by atoms with Crippen molar-refractivity contribution in [2.75, 3.05) is 13.7 Å². The van der Waals surface area contributed by atoms with Gasteiger partial charge in [-0.2, -0.15) is 0 Å². The van der Waals surface area contributed by atoms with Crippen molar-refractivity contribution >= 4 is 25.0 Å². The van der Waals surface area contributed by atoms with Crippen molar-refractivity contribution in [3.63, 3.8) is 0 Å². The van der Waals surface area contributed by atoms with Crippen LogP contribution in [0.2, 0.25) is 6.32 Å². The normalized spacial score (nSPS) is 28.3. The predicted octanol–water partition coefficient (Wildman–Crippen LogP) is 2.38. The Hall–Kier alpha value is -2.42. The molecule has 2 fully saturated rings. The third-order valence-corrected chi connectivity index (χ3v) is 7.20. The van der Waals surface area contributed by atoms with Gasteiger partial charge in [-0.3, -0.25) is 14.5 Å². The number of nitrogens with zero attached hydrogens (tertiary/aromatic N) is 1. The zero-order chi connectivity index (χ0) is 23.0. The van der Waals surface area contributed by atoms with E-state index >= 15 is 0 Å². The molecule has 0 unspecified atom stereocenters. The van der Waals surface area contributed by atoms with Gasteiger partial charge in [0, 0.05) is 12.6 Å².